The zero-order valence-corrected chi connectivity index (χ0v) is 15.6. The normalized spacial score (nSPS) is 11.2. The van der Waals surface area contributed by atoms with E-state index >= 15 is 0 Å². The lowest BCUT2D eigenvalue weighted by molar-refractivity contribution is -0.114. The molecule has 8 heteroatoms. The van der Waals surface area contributed by atoms with Crippen molar-refractivity contribution in [1.29, 1.82) is 5.26 Å². The lowest BCUT2D eigenvalue weighted by Gasteiger charge is -2.15. The molecule has 27 heavy (non-hydrogen) atoms. The number of carbonyl (C=O) groups excluding carboxylic acids is 2. The first-order chi connectivity index (χ1) is 12.9. The predicted octanol–water partition coefficient (Wildman–Crippen LogP) is 3.20. The Bertz CT molecular complexity index is 862. The van der Waals surface area contributed by atoms with Gasteiger partial charge in [0.15, 0.2) is 0 Å². The number of halogens is 1. The molecule has 3 N–H and O–H groups in total. The first-order valence-corrected chi connectivity index (χ1v) is 8.57. The zero-order valence-electron chi connectivity index (χ0n) is 14.9. The molecule has 2 rings (SSSR count). The van der Waals surface area contributed by atoms with Crippen molar-refractivity contribution in [1.82, 2.24) is 10.9 Å². The van der Waals surface area contributed by atoms with Gasteiger partial charge < -0.3 is 10.1 Å². The summed E-state index contributed by atoms with van der Waals surface area (Å²) in [6, 6.07) is 12.7. The van der Waals surface area contributed by atoms with Gasteiger partial charge in [-0.25, -0.2) is 5.43 Å². The number of nitrogens with zero attached hydrogens (tertiary/aromatic N) is 1. The van der Waals surface area contributed by atoms with Crippen LogP contribution in [-0.4, -0.2) is 18.4 Å². The third-order valence-corrected chi connectivity index (χ3v) is 3.76. The van der Waals surface area contributed by atoms with Crippen LogP contribution in [0.25, 0.3) is 0 Å². The van der Waals surface area contributed by atoms with Gasteiger partial charge in [-0.3, -0.25) is 15.0 Å². The average molecular weight is 387 g/mol. The molecule has 0 spiro atoms. The highest BCUT2D eigenvalue weighted by Crippen LogP contribution is 2.24. The van der Waals surface area contributed by atoms with Crippen molar-refractivity contribution in [2.45, 2.75) is 19.9 Å². The second kappa shape index (κ2) is 9.57. The van der Waals surface area contributed by atoms with Gasteiger partial charge in [-0.2, -0.15) is 5.26 Å². The Hall–Kier alpha value is -3.08. The Morgan fingerprint density at radius 1 is 1.22 bits per heavy atom. The van der Waals surface area contributed by atoms with Crippen LogP contribution in [0.5, 0.6) is 5.75 Å². The SMILES string of the molecule is CCOc1cc(NC(C)=O)ccc1C(=O)NN[C@@H](C#N)c1ccc(Cl)cc1. The Kier molecular flexibility index (Phi) is 7.17. The van der Waals surface area contributed by atoms with Crippen molar-refractivity contribution < 1.29 is 14.3 Å². The van der Waals surface area contributed by atoms with Gasteiger partial charge >= 0.3 is 0 Å². The Morgan fingerprint density at radius 2 is 1.93 bits per heavy atom. The molecule has 0 saturated heterocycles. The molecule has 7 nitrogen and oxygen atoms in total. The number of amides is 2. The van der Waals surface area contributed by atoms with E-state index in [1.807, 2.05) is 0 Å². The van der Waals surface area contributed by atoms with Gasteiger partial charge in [-0.05, 0) is 36.8 Å². The molecule has 0 unspecified atom stereocenters. The van der Waals surface area contributed by atoms with Crippen molar-refractivity contribution in [3.8, 4) is 11.8 Å². The van der Waals surface area contributed by atoms with Crippen LogP contribution in [0, 0.1) is 11.3 Å². The highest BCUT2D eigenvalue weighted by atomic mass is 35.5. The third kappa shape index (κ3) is 5.71. The summed E-state index contributed by atoms with van der Waals surface area (Å²) in [5.74, 6) is -0.374. The second-order valence-corrected chi connectivity index (χ2v) is 5.97. The Labute approximate surface area is 162 Å². The molecule has 0 heterocycles. The van der Waals surface area contributed by atoms with Crippen molar-refractivity contribution in [2.75, 3.05) is 11.9 Å². The summed E-state index contributed by atoms with van der Waals surface area (Å²) in [5, 5.41) is 12.5. The van der Waals surface area contributed by atoms with Crippen molar-refractivity contribution in [2.24, 2.45) is 0 Å². The van der Waals surface area contributed by atoms with E-state index in [2.05, 4.69) is 22.2 Å². The summed E-state index contributed by atoms with van der Waals surface area (Å²) in [7, 11) is 0. The first-order valence-electron chi connectivity index (χ1n) is 8.20. The molecular weight excluding hydrogens is 368 g/mol. The minimum Gasteiger partial charge on any atom is -0.493 e. The minimum atomic E-state index is -0.750. The van der Waals surface area contributed by atoms with E-state index < -0.39 is 11.9 Å². The fraction of sp³-hybridized carbons (Fsp3) is 0.211. The molecule has 0 aliphatic heterocycles. The molecule has 0 aliphatic carbocycles. The van der Waals surface area contributed by atoms with Crippen LogP contribution < -0.4 is 20.9 Å². The lowest BCUT2D eigenvalue weighted by Crippen LogP contribution is -2.39. The Morgan fingerprint density at radius 3 is 2.52 bits per heavy atom. The van der Waals surface area contributed by atoms with Gasteiger partial charge in [0.25, 0.3) is 5.91 Å². The molecule has 0 aromatic heterocycles. The number of hydrogen-bond acceptors (Lipinski definition) is 5. The summed E-state index contributed by atoms with van der Waals surface area (Å²) in [4.78, 5) is 23.7. The van der Waals surface area contributed by atoms with Gasteiger partial charge in [0.05, 0.1) is 18.2 Å². The van der Waals surface area contributed by atoms with E-state index in [4.69, 9.17) is 16.3 Å². The highest BCUT2D eigenvalue weighted by Gasteiger charge is 2.16. The number of benzene rings is 2. The van der Waals surface area contributed by atoms with Gasteiger partial charge in [0, 0.05) is 23.7 Å². The van der Waals surface area contributed by atoms with Crippen molar-refractivity contribution in [3.05, 3.63) is 58.6 Å². The summed E-state index contributed by atoms with van der Waals surface area (Å²) >= 11 is 5.85. The van der Waals surface area contributed by atoms with E-state index in [1.54, 1.807) is 43.3 Å². The first kappa shape index (κ1) is 20.2. The summed E-state index contributed by atoms with van der Waals surface area (Å²) < 4.78 is 5.49. The second-order valence-electron chi connectivity index (χ2n) is 5.54. The van der Waals surface area contributed by atoms with E-state index in [9.17, 15) is 14.9 Å². The maximum absolute atomic E-state index is 12.5. The number of ether oxygens (including phenoxy) is 1. The van der Waals surface area contributed by atoms with E-state index in [-0.39, 0.29) is 11.5 Å². The topological polar surface area (TPSA) is 103 Å². The van der Waals surface area contributed by atoms with Crippen molar-refractivity contribution >= 4 is 29.1 Å². The van der Waals surface area contributed by atoms with Crippen LogP contribution in [0.4, 0.5) is 5.69 Å². The molecular formula is C19H19ClN4O3. The molecule has 140 valence electrons. The van der Waals surface area contributed by atoms with Gasteiger partial charge in [-0.1, -0.05) is 23.7 Å². The van der Waals surface area contributed by atoms with Gasteiger partial charge in [0.1, 0.15) is 11.8 Å². The quantitative estimate of drug-likeness (QED) is 0.634. The van der Waals surface area contributed by atoms with Crippen LogP contribution in [0.1, 0.15) is 35.8 Å². The number of nitrogens with one attached hydrogen (secondary N) is 3. The molecule has 2 aromatic carbocycles. The highest BCUT2D eigenvalue weighted by molar-refractivity contribution is 6.30. The van der Waals surface area contributed by atoms with Crippen LogP contribution in [0.3, 0.4) is 0 Å². The van der Waals surface area contributed by atoms with E-state index in [0.717, 1.165) is 0 Å². The summed E-state index contributed by atoms with van der Waals surface area (Å²) in [6.45, 7) is 3.53. The fourth-order valence-electron chi connectivity index (χ4n) is 2.32. The summed E-state index contributed by atoms with van der Waals surface area (Å²) in [6.07, 6.45) is 0. The fourth-order valence-corrected chi connectivity index (χ4v) is 2.44. The molecule has 1 atom stereocenters. The van der Waals surface area contributed by atoms with Crippen LogP contribution in [0.15, 0.2) is 42.5 Å². The monoisotopic (exact) mass is 386 g/mol. The summed E-state index contributed by atoms with van der Waals surface area (Å²) in [5.41, 5.74) is 6.65. The van der Waals surface area contributed by atoms with Crippen molar-refractivity contribution in [3.63, 3.8) is 0 Å². The van der Waals surface area contributed by atoms with Crippen LogP contribution in [-0.2, 0) is 4.79 Å². The van der Waals surface area contributed by atoms with Gasteiger partial charge in [0.2, 0.25) is 5.91 Å². The third-order valence-electron chi connectivity index (χ3n) is 3.51. The maximum Gasteiger partial charge on any atom is 0.269 e. The van der Waals surface area contributed by atoms with Crippen LogP contribution in [0.2, 0.25) is 5.02 Å². The smallest absolute Gasteiger partial charge is 0.269 e. The molecule has 0 bridgehead atoms. The standard InChI is InChI=1S/C19H19ClN4O3/c1-3-27-18-10-15(22-12(2)25)8-9-16(18)19(26)24-23-17(11-21)13-4-6-14(20)7-5-13/h4-10,17,23H,3H2,1-2H3,(H,22,25)(H,24,26)/t17-/m0/s1. The molecule has 0 aliphatic rings. The number of nitriles is 1. The molecule has 2 amide bonds. The van der Waals surface area contributed by atoms with Gasteiger partial charge in [-0.15, -0.1) is 0 Å². The largest absolute Gasteiger partial charge is 0.493 e. The number of hydrazine groups is 1. The number of rotatable bonds is 7. The number of carbonyl (C=O) groups is 2. The lowest BCUT2D eigenvalue weighted by atomic mass is 10.1. The van der Waals surface area contributed by atoms with Crippen LogP contribution >= 0.6 is 11.6 Å². The van der Waals surface area contributed by atoms with E-state index in [1.165, 1.54) is 13.0 Å². The maximum atomic E-state index is 12.5. The number of hydrogen-bond donors (Lipinski definition) is 3. The average Bonchev–Trinajstić information content (AvgIpc) is 2.63. The molecule has 0 saturated carbocycles. The number of anilines is 1. The molecule has 0 fully saturated rings. The molecule has 2 aromatic rings. The Balaban J connectivity index is 2.13. The predicted molar refractivity (Wildman–Crippen MR) is 102 cm³/mol. The van der Waals surface area contributed by atoms with E-state index in [0.29, 0.717) is 28.6 Å². The zero-order chi connectivity index (χ0) is 19.8. The minimum absolute atomic E-state index is 0.226. The molecule has 0 radical (unpaired) electrons.